The van der Waals surface area contributed by atoms with E-state index in [9.17, 15) is 0 Å². The molecule has 2 aromatic carbocycles. The normalized spacial score (nSPS) is 17.2. The van der Waals surface area contributed by atoms with Gasteiger partial charge in [0.15, 0.2) is 0 Å². The number of fused-ring (bicyclic) bond motifs is 3. The molecule has 1 N–H and O–H groups in total. The van der Waals surface area contributed by atoms with Crippen LogP contribution in [0.2, 0.25) is 0 Å². The van der Waals surface area contributed by atoms with E-state index in [-0.39, 0.29) is 6.10 Å². The third-order valence-electron chi connectivity index (χ3n) is 4.14. The Labute approximate surface area is 136 Å². The molecule has 0 fully saturated rings. The van der Waals surface area contributed by atoms with E-state index in [0.29, 0.717) is 12.2 Å². The lowest BCUT2D eigenvalue weighted by Gasteiger charge is -2.24. The molecule has 1 unspecified atom stereocenters. The Morgan fingerprint density at radius 2 is 2.00 bits per heavy atom. The molecule has 1 aliphatic heterocycles. The molecule has 0 bridgehead atoms. The number of nitrogens with zero attached hydrogens (tertiary/aromatic N) is 1. The summed E-state index contributed by atoms with van der Waals surface area (Å²) in [6, 6.07) is 16.1. The van der Waals surface area contributed by atoms with Gasteiger partial charge in [-0.15, -0.1) is 0 Å². The van der Waals surface area contributed by atoms with E-state index in [2.05, 4.69) is 39.1 Å². The van der Waals surface area contributed by atoms with Gasteiger partial charge < -0.3 is 9.72 Å². The summed E-state index contributed by atoms with van der Waals surface area (Å²) < 4.78 is 7.08. The summed E-state index contributed by atoms with van der Waals surface area (Å²) in [5, 5.41) is 10.2. The Bertz CT molecular complexity index is 890. The van der Waals surface area contributed by atoms with Crippen molar-refractivity contribution in [3.05, 3.63) is 69.3 Å². The van der Waals surface area contributed by atoms with Crippen LogP contribution in [0.1, 0.15) is 28.5 Å². The molecule has 1 aliphatic rings. The largest absolute Gasteiger partial charge is 0.367 e. The summed E-state index contributed by atoms with van der Waals surface area (Å²) in [7, 11) is 0. The average Bonchev–Trinajstić information content (AvgIpc) is 2.93. The molecule has 108 valence electrons. The van der Waals surface area contributed by atoms with E-state index in [4.69, 9.17) is 10.00 Å². The van der Waals surface area contributed by atoms with Crippen molar-refractivity contribution in [3.8, 4) is 6.07 Å². The van der Waals surface area contributed by atoms with Gasteiger partial charge in [-0.2, -0.15) is 5.26 Å². The van der Waals surface area contributed by atoms with E-state index in [1.54, 1.807) is 0 Å². The minimum Gasteiger partial charge on any atom is -0.367 e. The molecule has 3 nitrogen and oxygen atoms in total. The van der Waals surface area contributed by atoms with Crippen molar-refractivity contribution in [2.45, 2.75) is 12.5 Å². The highest BCUT2D eigenvalue weighted by atomic mass is 79.9. The molecular weight excluding hydrogens is 340 g/mol. The molecule has 3 aromatic rings. The van der Waals surface area contributed by atoms with Crippen molar-refractivity contribution >= 4 is 26.8 Å². The van der Waals surface area contributed by atoms with Crippen molar-refractivity contribution in [1.82, 2.24) is 4.98 Å². The van der Waals surface area contributed by atoms with Gasteiger partial charge in [0, 0.05) is 15.4 Å². The van der Waals surface area contributed by atoms with Gasteiger partial charge in [0.1, 0.15) is 6.10 Å². The number of hydrogen-bond donors (Lipinski definition) is 1. The zero-order valence-corrected chi connectivity index (χ0v) is 13.4. The Balaban J connectivity index is 1.84. The molecule has 22 heavy (non-hydrogen) atoms. The van der Waals surface area contributed by atoms with Crippen LogP contribution in [0.15, 0.2) is 46.9 Å². The quantitative estimate of drug-likeness (QED) is 0.702. The topological polar surface area (TPSA) is 48.8 Å². The Kier molecular flexibility index (Phi) is 3.25. The number of rotatable bonds is 1. The second-order valence-electron chi connectivity index (χ2n) is 5.44. The molecule has 0 saturated carbocycles. The predicted octanol–water partition coefficient (Wildman–Crippen LogP) is 4.46. The van der Waals surface area contributed by atoms with Gasteiger partial charge in [-0.05, 0) is 47.9 Å². The van der Waals surface area contributed by atoms with Gasteiger partial charge in [0.2, 0.25) is 0 Å². The number of ether oxygens (including phenoxy) is 1. The first-order chi connectivity index (χ1) is 10.8. The Morgan fingerprint density at radius 1 is 1.18 bits per heavy atom. The smallest absolute Gasteiger partial charge is 0.123 e. The Morgan fingerprint density at radius 3 is 2.77 bits per heavy atom. The number of halogens is 1. The fourth-order valence-corrected chi connectivity index (χ4v) is 3.45. The first kappa shape index (κ1) is 13.6. The van der Waals surface area contributed by atoms with Gasteiger partial charge in [0.05, 0.1) is 23.9 Å². The summed E-state index contributed by atoms with van der Waals surface area (Å²) in [6.45, 7) is 0.705. The molecule has 4 rings (SSSR count). The zero-order chi connectivity index (χ0) is 15.1. The monoisotopic (exact) mass is 352 g/mol. The minimum absolute atomic E-state index is 0.0948. The number of nitriles is 1. The molecule has 0 radical (unpaired) electrons. The molecule has 0 amide bonds. The predicted molar refractivity (Wildman–Crippen MR) is 88.7 cm³/mol. The second kappa shape index (κ2) is 5.28. The van der Waals surface area contributed by atoms with Crippen molar-refractivity contribution in [1.29, 1.82) is 5.26 Å². The zero-order valence-electron chi connectivity index (χ0n) is 11.8. The van der Waals surface area contributed by atoms with Crippen LogP contribution in [0.25, 0.3) is 10.9 Å². The number of H-pyrrole nitrogens is 1. The fraction of sp³-hybridized carbons (Fsp3) is 0.167. The summed E-state index contributed by atoms with van der Waals surface area (Å²) >= 11 is 3.55. The maximum absolute atomic E-state index is 8.93. The third kappa shape index (κ3) is 2.14. The van der Waals surface area contributed by atoms with Crippen LogP contribution in [-0.2, 0) is 11.2 Å². The number of aromatic amines is 1. The minimum atomic E-state index is -0.0948. The van der Waals surface area contributed by atoms with Gasteiger partial charge in [-0.3, -0.25) is 0 Å². The molecule has 1 atom stereocenters. The van der Waals surface area contributed by atoms with Gasteiger partial charge >= 0.3 is 0 Å². The first-order valence-corrected chi connectivity index (χ1v) is 7.97. The van der Waals surface area contributed by atoms with Crippen molar-refractivity contribution in [2.24, 2.45) is 0 Å². The van der Waals surface area contributed by atoms with Crippen LogP contribution in [0, 0.1) is 11.3 Å². The van der Waals surface area contributed by atoms with Crippen LogP contribution >= 0.6 is 15.9 Å². The number of hydrogen-bond acceptors (Lipinski definition) is 2. The van der Waals surface area contributed by atoms with E-state index >= 15 is 0 Å². The van der Waals surface area contributed by atoms with Crippen molar-refractivity contribution < 1.29 is 4.74 Å². The lowest BCUT2D eigenvalue weighted by Crippen LogP contribution is -2.16. The van der Waals surface area contributed by atoms with Crippen LogP contribution in [0.3, 0.4) is 0 Å². The van der Waals surface area contributed by atoms with E-state index in [1.165, 1.54) is 10.9 Å². The maximum atomic E-state index is 8.93. The fourth-order valence-electron chi connectivity index (χ4n) is 3.09. The van der Waals surface area contributed by atoms with E-state index in [1.807, 2.05) is 30.3 Å². The molecule has 0 aliphatic carbocycles. The van der Waals surface area contributed by atoms with E-state index < -0.39 is 0 Å². The van der Waals surface area contributed by atoms with Gasteiger partial charge in [0.25, 0.3) is 0 Å². The van der Waals surface area contributed by atoms with Crippen molar-refractivity contribution in [3.63, 3.8) is 0 Å². The molecule has 4 heteroatoms. The summed E-state index contributed by atoms with van der Waals surface area (Å²) in [5.41, 5.74) is 5.34. The average molecular weight is 353 g/mol. The Hall–Kier alpha value is -2.09. The summed E-state index contributed by atoms with van der Waals surface area (Å²) in [4.78, 5) is 3.51. The standard InChI is InChI=1S/C18H13BrN2O/c19-13-5-6-16-15(9-13)14-7-8-22-18(17(14)21-16)12-3-1-11(10-20)2-4-12/h1-6,9,18,21H,7-8H2. The maximum Gasteiger partial charge on any atom is 0.123 e. The SMILES string of the molecule is N#Cc1ccc(C2OCCc3c2[nH]c2ccc(Br)cc32)cc1. The van der Waals surface area contributed by atoms with Gasteiger partial charge in [-0.25, -0.2) is 0 Å². The molecule has 2 heterocycles. The van der Waals surface area contributed by atoms with E-state index in [0.717, 1.165) is 27.7 Å². The van der Waals surface area contributed by atoms with Crippen LogP contribution in [-0.4, -0.2) is 11.6 Å². The molecule has 0 spiro atoms. The molecular formula is C18H13BrN2O. The molecule has 1 aromatic heterocycles. The number of aromatic nitrogens is 1. The van der Waals surface area contributed by atoms with Crippen LogP contribution < -0.4 is 0 Å². The number of benzene rings is 2. The summed E-state index contributed by atoms with van der Waals surface area (Å²) in [6.07, 6.45) is 0.820. The van der Waals surface area contributed by atoms with Crippen LogP contribution in [0.4, 0.5) is 0 Å². The summed E-state index contributed by atoms with van der Waals surface area (Å²) in [5.74, 6) is 0. The van der Waals surface area contributed by atoms with Gasteiger partial charge in [-0.1, -0.05) is 28.1 Å². The third-order valence-corrected chi connectivity index (χ3v) is 4.64. The van der Waals surface area contributed by atoms with Crippen LogP contribution in [0.5, 0.6) is 0 Å². The molecule has 0 saturated heterocycles. The first-order valence-electron chi connectivity index (χ1n) is 7.18. The van der Waals surface area contributed by atoms with Crippen molar-refractivity contribution in [2.75, 3.05) is 6.61 Å². The second-order valence-corrected chi connectivity index (χ2v) is 6.36. The number of nitrogens with one attached hydrogen (secondary N) is 1. The highest BCUT2D eigenvalue weighted by molar-refractivity contribution is 9.10. The lowest BCUT2D eigenvalue weighted by atomic mass is 9.97. The highest BCUT2D eigenvalue weighted by Crippen LogP contribution is 2.37. The highest BCUT2D eigenvalue weighted by Gasteiger charge is 2.26. The lowest BCUT2D eigenvalue weighted by molar-refractivity contribution is 0.0677.